The summed E-state index contributed by atoms with van der Waals surface area (Å²) in [7, 11) is 0. The van der Waals surface area contributed by atoms with Gasteiger partial charge in [-0.15, -0.1) is 0 Å². The summed E-state index contributed by atoms with van der Waals surface area (Å²) in [5.74, 6) is -0.366. The quantitative estimate of drug-likeness (QED) is 0.438. The lowest BCUT2D eigenvalue weighted by molar-refractivity contribution is -0.386. The van der Waals surface area contributed by atoms with Crippen LogP contribution >= 0.6 is 15.9 Å². The predicted molar refractivity (Wildman–Crippen MR) is 82.0 cm³/mol. The second kappa shape index (κ2) is 6.86. The van der Waals surface area contributed by atoms with Crippen LogP contribution in [0.25, 0.3) is 0 Å². The molecule has 0 radical (unpaired) electrons. The number of hydrogen-bond acceptors (Lipinski definition) is 5. The summed E-state index contributed by atoms with van der Waals surface area (Å²) in [5.41, 5.74) is 10.3. The molecule has 1 amide bonds. The van der Waals surface area contributed by atoms with E-state index in [2.05, 4.69) is 15.9 Å². The van der Waals surface area contributed by atoms with Crippen LogP contribution < -0.4 is 16.2 Å². The minimum Gasteiger partial charge on any atom is -0.487 e. The number of primary amides is 1. The van der Waals surface area contributed by atoms with Crippen LogP contribution in [0.1, 0.15) is 25.3 Å². The average molecular weight is 360 g/mol. The Balaban J connectivity index is 2.72. The molecule has 7 nitrogen and oxygen atoms in total. The topological polar surface area (TPSA) is 121 Å². The van der Waals surface area contributed by atoms with Crippen molar-refractivity contribution in [3.05, 3.63) is 32.3 Å². The Hall–Kier alpha value is -1.67. The number of amides is 1. The normalized spacial score (nSPS) is 13.5. The molecule has 0 aromatic heterocycles. The van der Waals surface area contributed by atoms with E-state index in [1.807, 2.05) is 0 Å². The van der Waals surface area contributed by atoms with Crippen molar-refractivity contribution in [2.24, 2.45) is 11.5 Å². The Labute approximate surface area is 130 Å². The second-order valence-electron chi connectivity index (χ2n) is 5.06. The Kier molecular flexibility index (Phi) is 5.68. The van der Waals surface area contributed by atoms with Gasteiger partial charge in [0.1, 0.15) is 0 Å². The van der Waals surface area contributed by atoms with E-state index in [0.717, 1.165) is 0 Å². The van der Waals surface area contributed by atoms with E-state index >= 15 is 0 Å². The number of nitro groups is 1. The van der Waals surface area contributed by atoms with Crippen molar-refractivity contribution in [2.75, 3.05) is 6.61 Å². The first kappa shape index (κ1) is 17.4. The van der Waals surface area contributed by atoms with Gasteiger partial charge in [-0.3, -0.25) is 14.9 Å². The zero-order chi connectivity index (χ0) is 16.2. The molecular formula is C13H18BrN3O4. The van der Waals surface area contributed by atoms with Crippen molar-refractivity contribution in [1.29, 1.82) is 0 Å². The summed E-state index contributed by atoms with van der Waals surface area (Å²) in [6.45, 7) is 3.48. The summed E-state index contributed by atoms with van der Waals surface area (Å²) in [6.07, 6.45) is 0.800. The number of hydrogen-bond donors (Lipinski definition) is 2. The minimum absolute atomic E-state index is 0.104. The number of carbonyl (C=O) groups excluding carboxylic acids is 1. The van der Waals surface area contributed by atoms with Crippen molar-refractivity contribution < 1.29 is 14.5 Å². The number of rotatable bonds is 7. The van der Waals surface area contributed by atoms with Crippen LogP contribution in [0.15, 0.2) is 16.6 Å². The lowest BCUT2D eigenvalue weighted by Crippen LogP contribution is -2.49. The largest absolute Gasteiger partial charge is 0.487 e. The third kappa shape index (κ3) is 4.68. The third-order valence-corrected chi connectivity index (χ3v) is 3.52. The highest BCUT2D eigenvalue weighted by Gasteiger charge is 2.25. The van der Waals surface area contributed by atoms with Gasteiger partial charge in [-0.05, 0) is 38.3 Å². The summed E-state index contributed by atoms with van der Waals surface area (Å²) in [6, 6.07) is 3.12. The fraction of sp³-hybridized carbons (Fsp3) is 0.462. The number of halogens is 1. The summed E-state index contributed by atoms with van der Waals surface area (Å²) in [5, 5.41) is 11.0. The SMILES string of the molecule is Cc1cc(Br)cc([N+](=O)[O-])c1OCCCC(C)(N)C(N)=O. The Morgan fingerprint density at radius 2 is 2.14 bits per heavy atom. The van der Waals surface area contributed by atoms with E-state index in [0.29, 0.717) is 22.9 Å². The Morgan fingerprint density at radius 3 is 2.67 bits per heavy atom. The lowest BCUT2D eigenvalue weighted by atomic mass is 9.97. The molecule has 1 unspecified atom stereocenters. The molecule has 0 spiro atoms. The molecule has 1 atom stereocenters. The highest BCUT2D eigenvalue weighted by molar-refractivity contribution is 9.10. The molecule has 0 aliphatic heterocycles. The first-order valence-electron chi connectivity index (χ1n) is 6.31. The molecule has 4 N–H and O–H groups in total. The highest BCUT2D eigenvalue weighted by Crippen LogP contribution is 2.34. The van der Waals surface area contributed by atoms with E-state index in [9.17, 15) is 14.9 Å². The van der Waals surface area contributed by atoms with E-state index in [-0.39, 0.29) is 18.0 Å². The molecule has 0 bridgehead atoms. The highest BCUT2D eigenvalue weighted by atomic mass is 79.9. The van der Waals surface area contributed by atoms with E-state index in [1.54, 1.807) is 19.9 Å². The van der Waals surface area contributed by atoms with Crippen molar-refractivity contribution in [3.63, 3.8) is 0 Å². The fourth-order valence-corrected chi connectivity index (χ4v) is 2.33. The average Bonchev–Trinajstić information content (AvgIpc) is 2.35. The van der Waals surface area contributed by atoms with Gasteiger partial charge in [-0.1, -0.05) is 15.9 Å². The Morgan fingerprint density at radius 1 is 1.52 bits per heavy atom. The molecule has 116 valence electrons. The van der Waals surface area contributed by atoms with Gasteiger partial charge >= 0.3 is 5.69 Å². The van der Waals surface area contributed by atoms with Gasteiger partial charge in [0, 0.05) is 10.5 Å². The zero-order valence-corrected chi connectivity index (χ0v) is 13.5. The summed E-state index contributed by atoms with van der Waals surface area (Å²) >= 11 is 3.21. The molecule has 0 aliphatic rings. The number of nitrogens with two attached hydrogens (primary N) is 2. The monoisotopic (exact) mass is 359 g/mol. The summed E-state index contributed by atoms with van der Waals surface area (Å²) < 4.78 is 6.10. The predicted octanol–water partition coefficient (Wildman–Crippen LogP) is 2.03. The van der Waals surface area contributed by atoms with Gasteiger partial charge in [0.05, 0.1) is 17.1 Å². The van der Waals surface area contributed by atoms with Gasteiger partial charge in [-0.2, -0.15) is 0 Å². The number of aryl methyl sites for hydroxylation is 1. The number of ether oxygens (including phenoxy) is 1. The maximum Gasteiger partial charge on any atom is 0.312 e. The van der Waals surface area contributed by atoms with E-state index in [4.69, 9.17) is 16.2 Å². The standard InChI is InChI=1S/C13H18BrN3O4/c1-8-6-9(14)7-10(17(19)20)11(8)21-5-3-4-13(2,16)12(15)18/h6-7H,3-5,16H2,1-2H3,(H2,15,18). The molecule has 21 heavy (non-hydrogen) atoms. The zero-order valence-electron chi connectivity index (χ0n) is 11.9. The van der Waals surface area contributed by atoms with Crippen molar-refractivity contribution >= 4 is 27.5 Å². The maximum absolute atomic E-state index is 11.1. The van der Waals surface area contributed by atoms with Gasteiger partial charge in [0.25, 0.3) is 0 Å². The van der Waals surface area contributed by atoms with Crippen LogP contribution in [-0.2, 0) is 4.79 Å². The molecule has 0 heterocycles. The maximum atomic E-state index is 11.1. The van der Waals surface area contributed by atoms with Crippen molar-refractivity contribution in [2.45, 2.75) is 32.2 Å². The van der Waals surface area contributed by atoms with Crippen LogP contribution in [0.2, 0.25) is 0 Å². The van der Waals surface area contributed by atoms with Gasteiger partial charge in [0.15, 0.2) is 5.75 Å². The van der Waals surface area contributed by atoms with E-state index < -0.39 is 16.4 Å². The number of nitro benzene ring substituents is 1. The number of benzene rings is 1. The molecular weight excluding hydrogens is 342 g/mol. The van der Waals surface area contributed by atoms with Crippen LogP contribution in [0.4, 0.5) is 5.69 Å². The third-order valence-electron chi connectivity index (χ3n) is 3.07. The first-order chi connectivity index (χ1) is 9.65. The number of carbonyl (C=O) groups is 1. The van der Waals surface area contributed by atoms with Crippen LogP contribution in [0, 0.1) is 17.0 Å². The van der Waals surface area contributed by atoms with Crippen LogP contribution in [0.3, 0.4) is 0 Å². The lowest BCUT2D eigenvalue weighted by Gasteiger charge is -2.20. The van der Waals surface area contributed by atoms with Crippen molar-refractivity contribution in [3.8, 4) is 5.75 Å². The molecule has 8 heteroatoms. The summed E-state index contributed by atoms with van der Waals surface area (Å²) in [4.78, 5) is 21.6. The number of nitrogens with zero attached hydrogens (tertiary/aromatic N) is 1. The molecule has 0 saturated heterocycles. The van der Waals surface area contributed by atoms with Gasteiger partial charge < -0.3 is 16.2 Å². The first-order valence-corrected chi connectivity index (χ1v) is 7.10. The van der Waals surface area contributed by atoms with Crippen molar-refractivity contribution in [1.82, 2.24) is 0 Å². The smallest absolute Gasteiger partial charge is 0.312 e. The van der Waals surface area contributed by atoms with Gasteiger partial charge in [0.2, 0.25) is 5.91 Å². The van der Waals surface area contributed by atoms with Crippen LogP contribution in [0.5, 0.6) is 5.75 Å². The molecule has 1 aromatic carbocycles. The second-order valence-corrected chi connectivity index (χ2v) is 5.98. The molecule has 0 fully saturated rings. The molecule has 0 saturated carbocycles. The Bertz CT molecular complexity index is 561. The fourth-order valence-electron chi connectivity index (χ4n) is 1.77. The van der Waals surface area contributed by atoms with Gasteiger partial charge in [-0.25, -0.2) is 0 Å². The molecule has 1 rings (SSSR count). The molecule has 0 aliphatic carbocycles. The van der Waals surface area contributed by atoms with E-state index in [1.165, 1.54) is 6.07 Å². The minimum atomic E-state index is -1.11. The molecule has 1 aromatic rings. The van der Waals surface area contributed by atoms with Crippen LogP contribution in [-0.4, -0.2) is 23.0 Å².